The molecule has 1 fully saturated rings. The molecule has 1 aromatic carbocycles. The molecule has 0 radical (unpaired) electrons. The van der Waals surface area contributed by atoms with E-state index in [-0.39, 0.29) is 0 Å². The van der Waals surface area contributed by atoms with E-state index in [0.29, 0.717) is 17.9 Å². The molecule has 1 aliphatic carbocycles. The van der Waals surface area contributed by atoms with Gasteiger partial charge in [0.25, 0.3) is 0 Å². The van der Waals surface area contributed by atoms with Gasteiger partial charge in [-0.15, -0.1) is 0 Å². The molecule has 5 heteroatoms. The number of hydrogen-bond donors (Lipinski definition) is 0. The average Bonchev–Trinajstić information content (AvgIpc) is 2.61. The highest BCUT2D eigenvalue weighted by atomic mass is 19.3. The van der Waals surface area contributed by atoms with Crippen LogP contribution < -0.4 is 4.74 Å². The summed E-state index contributed by atoms with van der Waals surface area (Å²) < 4.78 is 55.7. The van der Waals surface area contributed by atoms with Crippen molar-refractivity contribution in [2.45, 2.75) is 71.3 Å². The van der Waals surface area contributed by atoms with Gasteiger partial charge in [0, 0.05) is 0 Å². The van der Waals surface area contributed by atoms with Gasteiger partial charge in [0.05, 0.1) is 0 Å². The maximum Gasteiger partial charge on any atom is 0.387 e. The first kappa shape index (κ1) is 20.8. The molecule has 0 unspecified atom stereocenters. The van der Waals surface area contributed by atoms with E-state index in [4.69, 9.17) is 0 Å². The van der Waals surface area contributed by atoms with E-state index in [1.54, 1.807) is 0 Å². The molecule has 0 N–H and O–H groups in total. The van der Waals surface area contributed by atoms with Crippen LogP contribution in [0.15, 0.2) is 24.3 Å². The van der Waals surface area contributed by atoms with E-state index in [9.17, 15) is 17.6 Å². The third kappa shape index (κ3) is 6.65. The second kappa shape index (κ2) is 10.6. The predicted molar refractivity (Wildman–Crippen MR) is 95.4 cm³/mol. The lowest BCUT2D eigenvalue weighted by atomic mass is 9.78. The predicted octanol–water partition coefficient (Wildman–Crippen LogP) is 7.05. The molecular weight excluding hydrogens is 344 g/mol. The second-order valence-electron chi connectivity index (χ2n) is 7.15. The number of alkyl halides is 2. The zero-order valence-corrected chi connectivity index (χ0v) is 15.3. The van der Waals surface area contributed by atoms with Crippen molar-refractivity contribution in [1.29, 1.82) is 0 Å². The van der Waals surface area contributed by atoms with Gasteiger partial charge < -0.3 is 4.74 Å². The molecule has 0 atom stereocenters. The number of rotatable bonds is 9. The molecule has 146 valence electrons. The summed E-state index contributed by atoms with van der Waals surface area (Å²) in [7, 11) is 0. The quantitative estimate of drug-likeness (QED) is 0.333. The second-order valence-corrected chi connectivity index (χ2v) is 7.15. The van der Waals surface area contributed by atoms with Crippen molar-refractivity contribution in [1.82, 2.24) is 0 Å². The molecule has 0 heterocycles. The van der Waals surface area contributed by atoms with Crippen LogP contribution in [0.4, 0.5) is 17.6 Å². The van der Waals surface area contributed by atoms with Gasteiger partial charge in [-0.1, -0.05) is 44.8 Å². The topological polar surface area (TPSA) is 9.23 Å². The van der Waals surface area contributed by atoms with Crippen molar-refractivity contribution >= 4 is 0 Å². The van der Waals surface area contributed by atoms with E-state index in [1.165, 1.54) is 19.3 Å². The Morgan fingerprint density at radius 1 is 1.00 bits per heavy atom. The van der Waals surface area contributed by atoms with Crippen LogP contribution in [0.5, 0.6) is 5.75 Å². The minimum Gasteiger partial charge on any atom is -0.429 e. The summed E-state index contributed by atoms with van der Waals surface area (Å²) in [5.41, 5.74) is 0.494. The first-order valence-corrected chi connectivity index (χ1v) is 9.57. The van der Waals surface area contributed by atoms with Gasteiger partial charge in [0.2, 0.25) is 0 Å². The normalized spacial score (nSPS) is 20.8. The fraction of sp³-hybridized carbons (Fsp3) is 0.619. The number of allylic oxidation sites excluding steroid dienone is 2. The first-order valence-electron chi connectivity index (χ1n) is 9.57. The molecule has 26 heavy (non-hydrogen) atoms. The molecule has 0 aromatic heterocycles. The monoisotopic (exact) mass is 372 g/mol. The van der Waals surface area contributed by atoms with Gasteiger partial charge in [-0.2, -0.15) is 8.78 Å². The van der Waals surface area contributed by atoms with Crippen LogP contribution in [-0.2, 0) is 6.42 Å². The van der Waals surface area contributed by atoms with E-state index >= 15 is 0 Å². The van der Waals surface area contributed by atoms with Crippen molar-refractivity contribution in [2.24, 2.45) is 11.8 Å². The SMILES string of the molecule is CC/C=C/CC[C@H]1CC[C@H](CCc2cc(F)c(OC(F)F)c(F)c2)CC1. The largest absolute Gasteiger partial charge is 0.429 e. The number of benzene rings is 1. The highest BCUT2D eigenvalue weighted by molar-refractivity contribution is 5.31. The molecule has 1 nitrogen and oxygen atoms in total. The summed E-state index contributed by atoms with van der Waals surface area (Å²) in [6.45, 7) is -1.10. The molecule has 2 rings (SSSR count). The molecule has 0 aliphatic heterocycles. The summed E-state index contributed by atoms with van der Waals surface area (Å²) in [4.78, 5) is 0. The van der Waals surface area contributed by atoms with Crippen LogP contribution in [0.3, 0.4) is 0 Å². The lowest BCUT2D eigenvalue weighted by Crippen LogP contribution is -2.15. The van der Waals surface area contributed by atoms with Crippen LogP contribution in [0.1, 0.15) is 63.9 Å². The number of ether oxygens (including phenoxy) is 1. The van der Waals surface area contributed by atoms with E-state index in [2.05, 4.69) is 23.8 Å². The summed E-state index contributed by atoms with van der Waals surface area (Å²) in [5, 5.41) is 0. The van der Waals surface area contributed by atoms with Crippen molar-refractivity contribution in [3.63, 3.8) is 0 Å². The Labute approximate surface area is 153 Å². The third-order valence-electron chi connectivity index (χ3n) is 5.22. The Morgan fingerprint density at radius 2 is 1.58 bits per heavy atom. The van der Waals surface area contributed by atoms with E-state index in [1.807, 2.05) is 0 Å². The minimum atomic E-state index is -3.24. The lowest BCUT2D eigenvalue weighted by Gasteiger charge is -2.28. The van der Waals surface area contributed by atoms with E-state index < -0.39 is 24.0 Å². The van der Waals surface area contributed by atoms with Crippen molar-refractivity contribution in [2.75, 3.05) is 0 Å². The van der Waals surface area contributed by atoms with Gasteiger partial charge in [-0.3, -0.25) is 0 Å². The van der Waals surface area contributed by atoms with Crippen molar-refractivity contribution < 1.29 is 22.3 Å². The lowest BCUT2D eigenvalue weighted by molar-refractivity contribution is -0.0546. The fourth-order valence-electron chi connectivity index (χ4n) is 3.75. The maximum atomic E-state index is 13.8. The van der Waals surface area contributed by atoms with Gasteiger partial charge in [0.1, 0.15) is 0 Å². The van der Waals surface area contributed by atoms with Gasteiger partial charge in [-0.25, -0.2) is 8.78 Å². The van der Waals surface area contributed by atoms with Crippen molar-refractivity contribution in [3.8, 4) is 5.75 Å². The Balaban J connectivity index is 1.77. The number of hydrogen-bond acceptors (Lipinski definition) is 1. The smallest absolute Gasteiger partial charge is 0.387 e. The average molecular weight is 372 g/mol. The minimum absolute atomic E-state index is 0.494. The van der Waals surface area contributed by atoms with Crippen LogP contribution in [0.25, 0.3) is 0 Å². The number of aryl methyl sites for hydroxylation is 1. The fourth-order valence-corrected chi connectivity index (χ4v) is 3.75. The zero-order valence-electron chi connectivity index (χ0n) is 15.3. The summed E-state index contributed by atoms with van der Waals surface area (Å²) in [6.07, 6.45) is 14.1. The number of halogens is 4. The zero-order chi connectivity index (χ0) is 18.9. The molecule has 1 saturated carbocycles. The standard InChI is InChI=1S/C21H28F4O/c1-2-3-4-5-6-15-7-9-16(10-8-15)11-12-17-13-18(22)20(19(23)14-17)26-21(24)25/h3-4,13-16,21H,2,5-12H2,1H3/b4-3+/t15-,16-. The molecule has 1 aliphatic rings. The Morgan fingerprint density at radius 3 is 2.12 bits per heavy atom. The van der Waals surface area contributed by atoms with Crippen LogP contribution in [0.2, 0.25) is 0 Å². The van der Waals surface area contributed by atoms with Crippen LogP contribution in [-0.4, -0.2) is 6.61 Å². The molecule has 0 spiro atoms. The van der Waals surface area contributed by atoms with Crippen LogP contribution >= 0.6 is 0 Å². The van der Waals surface area contributed by atoms with Gasteiger partial charge in [0.15, 0.2) is 17.4 Å². The highest BCUT2D eigenvalue weighted by Crippen LogP contribution is 2.34. The van der Waals surface area contributed by atoms with Gasteiger partial charge in [-0.05, 0) is 61.6 Å². The molecule has 0 saturated heterocycles. The summed E-state index contributed by atoms with van der Waals surface area (Å²) in [6, 6.07) is 2.21. The third-order valence-corrected chi connectivity index (χ3v) is 5.22. The van der Waals surface area contributed by atoms with Gasteiger partial charge >= 0.3 is 6.61 Å². The van der Waals surface area contributed by atoms with Crippen molar-refractivity contribution in [3.05, 3.63) is 41.5 Å². The van der Waals surface area contributed by atoms with Crippen LogP contribution in [0, 0.1) is 23.5 Å². The highest BCUT2D eigenvalue weighted by Gasteiger charge is 2.21. The van der Waals surface area contributed by atoms with E-state index in [0.717, 1.165) is 50.2 Å². The molecule has 1 aromatic rings. The Kier molecular flexibility index (Phi) is 8.46. The molecule has 0 amide bonds. The Hall–Kier alpha value is -1.52. The Bertz CT molecular complexity index is 554. The summed E-state index contributed by atoms with van der Waals surface area (Å²) >= 11 is 0. The molecule has 0 bridgehead atoms. The molecular formula is C21H28F4O. The first-order chi connectivity index (χ1) is 12.5. The summed E-state index contributed by atoms with van der Waals surface area (Å²) in [5.74, 6) is -1.77. The maximum absolute atomic E-state index is 13.8.